The number of carbonyl (C=O) groups is 5. The predicted molar refractivity (Wildman–Crippen MR) is 250 cm³/mol. The summed E-state index contributed by atoms with van der Waals surface area (Å²) >= 11 is -3.99. The number of hydrogen-bond donors (Lipinski definition) is 2. The van der Waals surface area contributed by atoms with Crippen LogP contribution in [-0.2, 0) is 47.3 Å². The van der Waals surface area contributed by atoms with Gasteiger partial charge in [-0.15, -0.1) is 0 Å². The summed E-state index contributed by atoms with van der Waals surface area (Å²) in [6.45, 7) is 6.16. The zero-order valence-electron chi connectivity index (χ0n) is 38.9. The minimum absolute atomic E-state index is 0.0228. The van der Waals surface area contributed by atoms with Gasteiger partial charge in [0.25, 0.3) is 0 Å². The molecule has 3 atom stereocenters. The fourth-order valence-corrected chi connectivity index (χ4v) is 11.2. The molecule has 0 aromatic heterocycles. The number of halogens is 3. The van der Waals surface area contributed by atoms with Crippen molar-refractivity contribution in [3.8, 4) is 16.9 Å². The van der Waals surface area contributed by atoms with Crippen LogP contribution in [0.2, 0.25) is 0 Å². The molecular formula is C49H60F3GaN6O10. The van der Waals surface area contributed by atoms with Crippen molar-refractivity contribution < 1.29 is 57.6 Å². The number of carboxylic acids is 1. The Hall–Kier alpha value is -5.22. The summed E-state index contributed by atoms with van der Waals surface area (Å²) in [5.74, 6) is -2.91. The van der Waals surface area contributed by atoms with Gasteiger partial charge in [-0.2, -0.15) is 13.2 Å². The number of hydrogen-bond acceptors (Lipinski definition) is 14. The number of unbranched alkanes of at least 4 members (excludes halogenated alkanes) is 1. The molecule has 0 spiro atoms. The molecule has 16 nitrogen and oxygen atoms in total. The van der Waals surface area contributed by atoms with Crippen LogP contribution in [0.1, 0.15) is 59.9 Å². The Morgan fingerprint density at radius 1 is 0.783 bits per heavy atom. The fourth-order valence-electron chi connectivity index (χ4n) is 9.07. The Morgan fingerprint density at radius 2 is 1.39 bits per heavy atom. The number of amides is 1. The SMILES string of the molecule is Cc1c(/C=C/c2cc(OCCCCNC(=O)CN3CCN4CCN5CCN(CC3)CC(=O)[O][68Ga]([O]C(=O)C4)[O]C(=O)C5)c(CN3CCCC[C@H]3C(=O)O)cc2C(F)(F)F)cccc1-c1ccccc1. The molecule has 4 heterocycles. The second kappa shape index (κ2) is 24.6. The molecule has 4 saturated heterocycles. The van der Waals surface area contributed by atoms with Crippen molar-refractivity contribution in [2.75, 3.05) is 98.2 Å². The first kappa shape index (κ1) is 51.6. The van der Waals surface area contributed by atoms with Gasteiger partial charge in [0.15, 0.2) is 0 Å². The number of ether oxygens (including phenoxy) is 1. The average Bonchev–Trinajstić information content (AvgIpc) is 3.34. The number of nitrogens with zero attached hydrogens (tertiary/aromatic N) is 5. The minimum atomic E-state index is -4.71. The van der Waals surface area contributed by atoms with Crippen LogP contribution in [-0.4, -0.2) is 181 Å². The van der Waals surface area contributed by atoms with E-state index < -0.39 is 59.0 Å². The molecule has 370 valence electrons. The van der Waals surface area contributed by atoms with Gasteiger partial charge in [0.05, 0.1) is 12.2 Å². The predicted octanol–water partition coefficient (Wildman–Crippen LogP) is 4.43. The number of fused-ring (bicyclic) bond motifs is 7. The van der Waals surface area contributed by atoms with E-state index in [-0.39, 0.29) is 62.1 Å². The van der Waals surface area contributed by atoms with Crippen LogP contribution >= 0.6 is 0 Å². The van der Waals surface area contributed by atoms with Crippen LogP contribution in [0.3, 0.4) is 0 Å². The fraction of sp³-hybridized carbons (Fsp3) is 0.490. The third-order valence-corrected chi connectivity index (χ3v) is 15.8. The first-order chi connectivity index (χ1) is 33.2. The molecule has 0 radical (unpaired) electrons. The molecule has 2 unspecified atom stereocenters. The Bertz CT molecular complexity index is 2290. The van der Waals surface area contributed by atoms with E-state index in [1.165, 1.54) is 12.1 Å². The summed E-state index contributed by atoms with van der Waals surface area (Å²) in [6.07, 6.45) is 1.19. The topological polar surface area (TPSA) is 171 Å². The molecule has 3 aromatic carbocycles. The van der Waals surface area contributed by atoms with E-state index in [1.807, 2.05) is 75.1 Å². The summed E-state index contributed by atoms with van der Waals surface area (Å²) in [6, 6.07) is 17.1. The minimum Gasteiger partial charge on any atom is -0.480 e. The van der Waals surface area contributed by atoms with Gasteiger partial charge in [0.2, 0.25) is 0 Å². The van der Waals surface area contributed by atoms with Gasteiger partial charge in [0, 0.05) is 12.1 Å². The van der Waals surface area contributed by atoms with E-state index in [0.29, 0.717) is 91.1 Å². The van der Waals surface area contributed by atoms with Gasteiger partial charge in [-0.1, -0.05) is 67.1 Å². The van der Waals surface area contributed by atoms with E-state index >= 15 is 0 Å². The quantitative estimate of drug-likeness (QED) is 0.132. The number of rotatable bonds is 14. The van der Waals surface area contributed by atoms with Crippen LogP contribution in [0.5, 0.6) is 5.75 Å². The largest absolute Gasteiger partial charge is 0.480 e. The van der Waals surface area contributed by atoms with Crippen LogP contribution in [0.4, 0.5) is 13.2 Å². The molecule has 4 bridgehead atoms. The van der Waals surface area contributed by atoms with Gasteiger partial charge < -0.3 is 9.84 Å². The number of likely N-dealkylation sites (tertiary alicyclic amines) is 1. The Balaban J connectivity index is 1.00. The molecule has 3 aromatic rings. The molecule has 20 heteroatoms. The molecule has 69 heavy (non-hydrogen) atoms. The molecule has 0 aliphatic carbocycles. The van der Waals surface area contributed by atoms with Crippen LogP contribution in [0.25, 0.3) is 23.3 Å². The van der Waals surface area contributed by atoms with E-state index in [2.05, 4.69) is 5.32 Å². The number of nitrogens with one attached hydrogen (secondary N) is 1. The van der Waals surface area contributed by atoms with Crippen molar-refractivity contribution in [2.24, 2.45) is 0 Å². The number of benzene rings is 3. The number of piperidine rings is 1. The Kier molecular flexibility index (Phi) is 18.4. The summed E-state index contributed by atoms with van der Waals surface area (Å²) < 4.78 is 67.0. The van der Waals surface area contributed by atoms with Gasteiger partial charge >= 0.3 is 199 Å². The van der Waals surface area contributed by atoms with Crippen molar-refractivity contribution in [3.05, 3.63) is 88.5 Å². The second-order valence-corrected chi connectivity index (χ2v) is 20.5. The van der Waals surface area contributed by atoms with Gasteiger partial charge in [-0.05, 0) is 72.7 Å². The summed E-state index contributed by atoms with van der Waals surface area (Å²) in [4.78, 5) is 73.4. The zero-order valence-corrected chi connectivity index (χ0v) is 41.3. The molecule has 2 N–H and O–H groups in total. The van der Waals surface area contributed by atoms with Crippen molar-refractivity contribution in [2.45, 2.75) is 57.8 Å². The van der Waals surface area contributed by atoms with Gasteiger partial charge in [-0.25, -0.2) is 0 Å². The molecule has 1 amide bonds. The normalized spacial score (nSPS) is 22.4. The Labute approximate surface area is 406 Å². The van der Waals surface area contributed by atoms with Crippen LogP contribution in [0, 0.1) is 6.92 Å². The summed E-state index contributed by atoms with van der Waals surface area (Å²) in [5.41, 5.74) is 2.92. The third kappa shape index (κ3) is 15.1. The van der Waals surface area contributed by atoms with Crippen LogP contribution < -0.4 is 10.1 Å². The van der Waals surface area contributed by atoms with Gasteiger partial charge in [0.1, 0.15) is 11.8 Å². The maximum Gasteiger partial charge on any atom is 0.417 e. The van der Waals surface area contributed by atoms with Crippen molar-refractivity contribution in [3.63, 3.8) is 0 Å². The van der Waals surface area contributed by atoms with Crippen molar-refractivity contribution in [1.29, 1.82) is 0 Å². The summed E-state index contributed by atoms with van der Waals surface area (Å²) in [7, 11) is 0. The first-order valence-corrected chi connectivity index (χ1v) is 26.6. The molecule has 0 saturated carbocycles. The van der Waals surface area contributed by atoms with Crippen LogP contribution in [0.15, 0.2) is 60.7 Å². The Morgan fingerprint density at radius 3 is 2.00 bits per heavy atom. The molecule has 4 fully saturated rings. The van der Waals surface area contributed by atoms with Gasteiger partial charge in [-0.3, -0.25) is 9.69 Å². The second-order valence-electron chi connectivity index (χ2n) is 17.9. The van der Waals surface area contributed by atoms with E-state index in [1.54, 1.807) is 11.0 Å². The standard InChI is InChI=1S/C49H63F3N6O10.Ga/c1-35-36(12-9-13-40(35)37-10-3-2-4-11-37)15-16-38-29-43(39(28-41(38)49(50,51)52)30-58-18-7-5-14-42(58)48(66)67)68-27-8-6-17-53-44(59)31-54-19-21-55(32-45(60)61)23-25-57(34-47(64)65)26-24-56(22-20-54)33-46(62)63;/h2-4,9-13,15-16,28-29,42H,5-8,14,17-27,30-34H2,1H3,(H,53,59)(H,60,61)(H,62,63)(H,64,65)(H,66,67);/q;+3/p-3/b16-15+;/t42-;/m0./s1/i;1-2. The smallest absolute Gasteiger partial charge is 0.417 e. The number of carbonyl (C=O) groups excluding carboxylic acids is 4. The van der Waals surface area contributed by atoms with E-state index in [4.69, 9.17) is 15.3 Å². The number of carboxylic acid groups (broad SMARTS) is 1. The number of alkyl halides is 3. The molecular weight excluding hydrogens is 957 g/mol. The molecule has 4 aliphatic rings. The zero-order chi connectivity index (χ0) is 48.9. The number of aliphatic carboxylic acids is 1. The monoisotopic (exact) mass is 1020 g/mol. The first-order valence-electron chi connectivity index (χ1n) is 23.6. The third-order valence-electron chi connectivity index (χ3n) is 12.9. The van der Waals surface area contributed by atoms with Crippen molar-refractivity contribution in [1.82, 2.24) is 29.8 Å². The van der Waals surface area contributed by atoms with E-state index in [0.717, 1.165) is 34.7 Å². The average molecular weight is 1020 g/mol. The molecule has 4 aliphatic heterocycles. The summed E-state index contributed by atoms with van der Waals surface area (Å²) in [5, 5.41) is 12.9. The van der Waals surface area contributed by atoms with Crippen molar-refractivity contribution >= 4 is 59.2 Å². The maximum atomic E-state index is 14.9. The van der Waals surface area contributed by atoms with E-state index in [9.17, 15) is 42.3 Å². The maximum absolute atomic E-state index is 14.9. The molecule has 7 rings (SSSR count).